The molecule has 0 aromatic rings. The van der Waals surface area contributed by atoms with Gasteiger partial charge in [-0.15, -0.1) is 0 Å². The maximum Gasteiger partial charge on any atom is 0.511 e. The van der Waals surface area contributed by atoms with Crippen LogP contribution in [-0.4, -0.2) is 33.0 Å². The smallest absolute Gasteiger partial charge is 0.462 e. The Balaban J connectivity index is 2.36. The van der Waals surface area contributed by atoms with Gasteiger partial charge in [0.05, 0.1) is 6.61 Å². The van der Waals surface area contributed by atoms with Gasteiger partial charge >= 0.3 is 21.5 Å². The first-order chi connectivity index (χ1) is 10.5. The van der Waals surface area contributed by atoms with E-state index in [0.717, 1.165) is 19.3 Å². The lowest BCUT2D eigenvalue weighted by Crippen LogP contribution is -2.37. The Labute approximate surface area is 134 Å². The molecule has 2 unspecified atom stereocenters. The highest BCUT2D eigenvalue weighted by molar-refractivity contribution is 7.90. The van der Waals surface area contributed by atoms with Gasteiger partial charge in [0.1, 0.15) is 0 Å². The summed E-state index contributed by atoms with van der Waals surface area (Å²) < 4.78 is 65.1. The first-order valence-electron chi connectivity index (χ1n) is 7.41. The molecule has 0 heterocycles. The van der Waals surface area contributed by atoms with E-state index in [4.69, 9.17) is 4.74 Å². The molecule has 5 nitrogen and oxygen atoms in total. The van der Waals surface area contributed by atoms with Gasteiger partial charge in [0.25, 0.3) is 0 Å². The average molecular weight is 357 g/mol. The molecular weight excluding hydrogens is 335 g/mol. The molecule has 1 fully saturated rings. The Morgan fingerprint density at radius 2 is 1.91 bits per heavy atom. The summed E-state index contributed by atoms with van der Waals surface area (Å²) in [5.41, 5.74) is -4.96. The van der Waals surface area contributed by atoms with Gasteiger partial charge in [-0.05, 0) is 38.0 Å². The molecule has 0 saturated heterocycles. The van der Waals surface area contributed by atoms with E-state index in [1.165, 1.54) is 0 Å². The summed E-state index contributed by atoms with van der Waals surface area (Å²) in [6.07, 6.45) is 3.64. The normalized spacial score (nSPS) is 22.6. The molecule has 2 atom stereocenters. The number of esters is 1. The zero-order chi connectivity index (χ0) is 17.7. The molecule has 23 heavy (non-hydrogen) atoms. The molecule has 9 heteroatoms. The minimum atomic E-state index is -5.28. The maximum absolute atomic E-state index is 12.2. The van der Waals surface area contributed by atoms with Crippen LogP contribution in [0.1, 0.15) is 39.0 Å². The Hall–Kier alpha value is -1.09. The van der Waals surface area contributed by atoms with Crippen molar-refractivity contribution in [2.24, 2.45) is 11.8 Å². The fraction of sp³-hybridized carbons (Fsp3) is 0.786. The minimum Gasteiger partial charge on any atom is -0.462 e. The molecular formula is C14H22F3NO4S. The lowest BCUT2D eigenvalue weighted by molar-refractivity contribution is -0.140. The molecule has 1 aliphatic rings. The topological polar surface area (TPSA) is 72.5 Å². The first kappa shape index (κ1) is 20.0. The highest BCUT2D eigenvalue weighted by Gasteiger charge is 2.45. The Morgan fingerprint density at radius 1 is 1.30 bits per heavy atom. The predicted octanol–water partition coefficient (Wildman–Crippen LogP) is 2.74. The second-order valence-corrected chi connectivity index (χ2v) is 7.67. The third kappa shape index (κ3) is 6.50. The maximum atomic E-state index is 12.2. The standard InChI is InChI=1S/C14H22F3NO4S/c1-10(2)13(19)22-9-12-5-3-4-11(8-12)6-7-18-23(20,21)14(15,16)17/h11-12,18H,1,3-9H2,2H3. The summed E-state index contributed by atoms with van der Waals surface area (Å²) in [5, 5.41) is 0. The van der Waals surface area contributed by atoms with E-state index in [1.807, 2.05) is 0 Å². The first-order valence-corrected chi connectivity index (χ1v) is 8.90. The van der Waals surface area contributed by atoms with E-state index in [1.54, 1.807) is 11.6 Å². The van der Waals surface area contributed by atoms with Gasteiger partial charge in [0.2, 0.25) is 0 Å². The van der Waals surface area contributed by atoms with Gasteiger partial charge in [-0.1, -0.05) is 19.4 Å². The van der Waals surface area contributed by atoms with E-state index < -0.39 is 21.5 Å². The van der Waals surface area contributed by atoms with E-state index >= 15 is 0 Å². The predicted molar refractivity (Wildman–Crippen MR) is 78.8 cm³/mol. The number of alkyl halides is 3. The Bertz CT molecular complexity index is 531. The van der Waals surface area contributed by atoms with Crippen LogP contribution < -0.4 is 4.72 Å². The fourth-order valence-corrected chi connectivity index (χ4v) is 3.16. The zero-order valence-corrected chi connectivity index (χ0v) is 13.8. The number of hydrogen-bond donors (Lipinski definition) is 1. The summed E-state index contributed by atoms with van der Waals surface area (Å²) >= 11 is 0. The van der Waals surface area contributed by atoms with Crippen LogP contribution >= 0.6 is 0 Å². The summed E-state index contributed by atoms with van der Waals surface area (Å²) in [5.74, 6) is -0.186. The van der Waals surface area contributed by atoms with Gasteiger partial charge in [-0.2, -0.15) is 13.2 Å². The summed E-state index contributed by atoms with van der Waals surface area (Å²) in [6.45, 7) is 5.05. The van der Waals surface area contributed by atoms with Gasteiger partial charge in [-0.25, -0.2) is 17.9 Å². The van der Waals surface area contributed by atoms with Crippen molar-refractivity contribution in [3.8, 4) is 0 Å². The Kier molecular flexibility index (Phi) is 7.06. The van der Waals surface area contributed by atoms with Crippen molar-refractivity contribution in [2.45, 2.75) is 44.5 Å². The van der Waals surface area contributed by atoms with Crippen molar-refractivity contribution in [3.63, 3.8) is 0 Å². The van der Waals surface area contributed by atoms with E-state index in [-0.39, 0.29) is 25.0 Å². The molecule has 0 aromatic carbocycles. The van der Waals surface area contributed by atoms with Crippen molar-refractivity contribution in [1.82, 2.24) is 4.72 Å². The van der Waals surface area contributed by atoms with Crippen LogP contribution in [0, 0.1) is 11.8 Å². The molecule has 1 saturated carbocycles. The molecule has 0 spiro atoms. The van der Waals surface area contributed by atoms with E-state index in [2.05, 4.69) is 6.58 Å². The summed E-state index contributed by atoms with van der Waals surface area (Å²) in [6, 6.07) is 0. The molecule has 1 aliphatic carbocycles. The summed E-state index contributed by atoms with van der Waals surface area (Å²) in [7, 11) is -5.27. The summed E-state index contributed by atoms with van der Waals surface area (Å²) in [4.78, 5) is 11.3. The van der Waals surface area contributed by atoms with E-state index in [0.29, 0.717) is 18.4 Å². The molecule has 0 bridgehead atoms. The quantitative estimate of drug-likeness (QED) is 0.562. The number of hydrogen-bond acceptors (Lipinski definition) is 4. The number of sulfonamides is 1. The lowest BCUT2D eigenvalue weighted by atomic mass is 9.80. The molecule has 0 aromatic heterocycles. The molecule has 1 rings (SSSR count). The van der Waals surface area contributed by atoms with Crippen LogP contribution in [0.15, 0.2) is 12.2 Å². The van der Waals surface area contributed by atoms with Crippen molar-refractivity contribution in [2.75, 3.05) is 13.2 Å². The molecule has 134 valence electrons. The lowest BCUT2D eigenvalue weighted by Gasteiger charge is -2.29. The highest BCUT2D eigenvalue weighted by atomic mass is 32.2. The molecule has 0 amide bonds. The highest BCUT2D eigenvalue weighted by Crippen LogP contribution is 2.31. The van der Waals surface area contributed by atoms with Crippen molar-refractivity contribution in [1.29, 1.82) is 0 Å². The van der Waals surface area contributed by atoms with Crippen LogP contribution in [0.2, 0.25) is 0 Å². The van der Waals surface area contributed by atoms with Gasteiger partial charge in [-0.3, -0.25) is 0 Å². The number of halogens is 3. The Morgan fingerprint density at radius 3 is 2.48 bits per heavy atom. The van der Waals surface area contributed by atoms with Crippen LogP contribution in [0.4, 0.5) is 13.2 Å². The van der Waals surface area contributed by atoms with Crippen molar-refractivity contribution >= 4 is 16.0 Å². The zero-order valence-electron chi connectivity index (χ0n) is 13.0. The van der Waals surface area contributed by atoms with Crippen LogP contribution in [0.25, 0.3) is 0 Å². The van der Waals surface area contributed by atoms with Crippen LogP contribution in [-0.2, 0) is 19.6 Å². The number of carbonyl (C=O) groups is 1. The SMILES string of the molecule is C=C(C)C(=O)OCC1CCCC(CCNS(=O)(=O)C(F)(F)F)C1. The number of carbonyl (C=O) groups excluding carboxylic acids is 1. The number of nitrogens with one attached hydrogen (secondary N) is 1. The second kappa shape index (κ2) is 8.14. The largest absolute Gasteiger partial charge is 0.511 e. The van der Waals surface area contributed by atoms with Crippen LogP contribution in [0.5, 0.6) is 0 Å². The third-order valence-electron chi connectivity index (χ3n) is 3.84. The van der Waals surface area contributed by atoms with Crippen molar-refractivity contribution in [3.05, 3.63) is 12.2 Å². The van der Waals surface area contributed by atoms with Gasteiger partial charge < -0.3 is 4.74 Å². The number of rotatable bonds is 7. The second-order valence-electron chi connectivity index (χ2n) is 5.91. The number of ether oxygens (including phenoxy) is 1. The van der Waals surface area contributed by atoms with Crippen molar-refractivity contribution < 1.29 is 31.1 Å². The molecule has 0 radical (unpaired) electrons. The average Bonchev–Trinajstić information content (AvgIpc) is 2.43. The van der Waals surface area contributed by atoms with Gasteiger partial charge in [0, 0.05) is 12.1 Å². The van der Waals surface area contributed by atoms with E-state index in [9.17, 15) is 26.4 Å². The minimum absolute atomic E-state index is 0.119. The molecule has 0 aliphatic heterocycles. The van der Waals surface area contributed by atoms with Gasteiger partial charge in [0.15, 0.2) is 0 Å². The van der Waals surface area contributed by atoms with Crippen LogP contribution in [0.3, 0.4) is 0 Å². The monoisotopic (exact) mass is 357 g/mol. The fourth-order valence-electron chi connectivity index (χ4n) is 2.61. The molecule has 1 N–H and O–H groups in total. The third-order valence-corrected chi connectivity index (χ3v) is 5.03.